The summed E-state index contributed by atoms with van der Waals surface area (Å²) in [5, 5.41) is 11.3. The highest BCUT2D eigenvalue weighted by atomic mass is 32.1. The zero-order valence-corrected chi connectivity index (χ0v) is 13.9. The van der Waals surface area contributed by atoms with Gasteiger partial charge in [-0.05, 0) is 30.8 Å². The van der Waals surface area contributed by atoms with E-state index in [4.69, 9.17) is 17.0 Å². The van der Waals surface area contributed by atoms with Gasteiger partial charge in [0.1, 0.15) is 5.75 Å². The highest BCUT2D eigenvalue weighted by Crippen LogP contribution is 2.16. The van der Waals surface area contributed by atoms with Gasteiger partial charge in [-0.25, -0.2) is 0 Å². The highest BCUT2D eigenvalue weighted by Gasteiger charge is 2.03. The Morgan fingerprint density at radius 3 is 2.91 bits per heavy atom. The van der Waals surface area contributed by atoms with E-state index in [1.54, 1.807) is 10.9 Å². The second-order valence-corrected chi connectivity index (χ2v) is 5.34. The lowest BCUT2D eigenvalue weighted by molar-refractivity contribution is 0.306. The molecule has 0 radical (unpaired) electrons. The zero-order chi connectivity index (χ0) is 15.8. The molecule has 0 aliphatic heterocycles. The van der Waals surface area contributed by atoms with Crippen LogP contribution in [0.5, 0.6) is 5.75 Å². The van der Waals surface area contributed by atoms with Crippen molar-refractivity contribution in [1.82, 2.24) is 14.9 Å². The van der Waals surface area contributed by atoms with Crippen LogP contribution in [-0.4, -0.2) is 27.7 Å². The van der Waals surface area contributed by atoms with Crippen LogP contribution in [0.4, 0.5) is 0 Å². The van der Waals surface area contributed by atoms with Crippen LogP contribution in [0.15, 0.2) is 29.4 Å². The molecule has 118 valence electrons. The summed E-state index contributed by atoms with van der Waals surface area (Å²) in [4.78, 5) is 0. The highest BCUT2D eigenvalue weighted by molar-refractivity contribution is 7.71. The summed E-state index contributed by atoms with van der Waals surface area (Å²) in [6, 6.07) is 7.87. The SMILES string of the molecule is CCCCCOc1ccccc1/C=N/n1c(CC)n[nH]c1=S. The van der Waals surface area contributed by atoms with E-state index >= 15 is 0 Å². The molecule has 0 saturated carbocycles. The van der Waals surface area contributed by atoms with Gasteiger partial charge in [0.05, 0.1) is 12.8 Å². The Kier molecular flexibility index (Phi) is 6.33. The number of ether oxygens (including phenoxy) is 1. The first-order chi connectivity index (χ1) is 10.8. The van der Waals surface area contributed by atoms with E-state index in [9.17, 15) is 0 Å². The third-order valence-corrected chi connectivity index (χ3v) is 3.53. The molecule has 0 saturated heterocycles. The largest absolute Gasteiger partial charge is 0.493 e. The molecule has 0 aliphatic carbocycles. The molecule has 0 aliphatic rings. The molecule has 0 amide bonds. The fourth-order valence-corrected chi connectivity index (χ4v) is 2.24. The quantitative estimate of drug-likeness (QED) is 0.455. The number of aryl methyl sites for hydroxylation is 1. The van der Waals surface area contributed by atoms with E-state index in [2.05, 4.69) is 22.2 Å². The Hall–Kier alpha value is -1.95. The summed E-state index contributed by atoms with van der Waals surface area (Å²) in [6.07, 6.45) is 5.96. The van der Waals surface area contributed by atoms with Crippen molar-refractivity contribution in [1.29, 1.82) is 0 Å². The predicted octanol–water partition coefficient (Wildman–Crippen LogP) is 3.95. The number of nitrogens with zero attached hydrogens (tertiary/aromatic N) is 3. The Morgan fingerprint density at radius 1 is 1.32 bits per heavy atom. The maximum absolute atomic E-state index is 5.85. The van der Waals surface area contributed by atoms with Crippen molar-refractivity contribution < 1.29 is 4.74 Å². The molecule has 2 aromatic rings. The minimum atomic E-state index is 0.495. The summed E-state index contributed by atoms with van der Waals surface area (Å²) in [5.74, 6) is 1.65. The van der Waals surface area contributed by atoms with Gasteiger partial charge < -0.3 is 4.74 Å². The lowest BCUT2D eigenvalue weighted by Gasteiger charge is -2.08. The smallest absolute Gasteiger partial charge is 0.216 e. The van der Waals surface area contributed by atoms with Gasteiger partial charge in [-0.15, -0.1) is 0 Å². The number of benzene rings is 1. The van der Waals surface area contributed by atoms with Crippen LogP contribution in [0.2, 0.25) is 0 Å². The van der Waals surface area contributed by atoms with Crippen LogP contribution in [0.3, 0.4) is 0 Å². The van der Waals surface area contributed by atoms with Crippen molar-refractivity contribution in [3.63, 3.8) is 0 Å². The molecule has 0 unspecified atom stereocenters. The number of H-pyrrole nitrogens is 1. The third kappa shape index (κ3) is 4.27. The van der Waals surface area contributed by atoms with Crippen molar-refractivity contribution in [2.45, 2.75) is 39.5 Å². The molecule has 1 N–H and O–H groups in total. The Morgan fingerprint density at radius 2 is 2.14 bits per heavy atom. The van der Waals surface area contributed by atoms with Gasteiger partial charge in [-0.2, -0.15) is 14.9 Å². The maximum Gasteiger partial charge on any atom is 0.216 e. The lowest BCUT2D eigenvalue weighted by Crippen LogP contribution is -2.01. The molecule has 5 nitrogen and oxygen atoms in total. The monoisotopic (exact) mass is 318 g/mol. The molecule has 1 aromatic carbocycles. The fraction of sp³-hybridized carbons (Fsp3) is 0.438. The molecular weight excluding hydrogens is 296 g/mol. The molecule has 0 fully saturated rings. The predicted molar refractivity (Wildman–Crippen MR) is 91.2 cm³/mol. The van der Waals surface area contributed by atoms with Gasteiger partial charge in [0.15, 0.2) is 5.82 Å². The molecule has 0 spiro atoms. The average molecular weight is 318 g/mol. The van der Waals surface area contributed by atoms with Crippen LogP contribution in [0, 0.1) is 4.77 Å². The van der Waals surface area contributed by atoms with Gasteiger partial charge in [0.25, 0.3) is 0 Å². The summed E-state index contributed by atoms with van der Waals surface area (Å²) in [6.45, 7) is 4.92. The van der Waals surface area contributed by atoms with Gasteiger partial charge in [0, 0.05) is 12.0 Å². The van der Waals surface area contributed by atoms with Crippen molar-refractivity contribution >= 4 is 18.4 Å². The Bertz CT molecular complexity index is 675. The number of aromatic nitrogens is 3. The molecule has 1 aromatic heterocycles. The van der Waals surface area contributed by atoms with Crippen LogP contribution >= 0.6 is 12.2 Å². The van der Waals surface area contributed by atoms with Gasteiger partial charge in [0.2, 0.25) is 4.77 Å². The van der Waals surface area contributed by atoms with Crippen molar-refractivity contribution in [3.8, 4) is 5.75 Å². The molecule has 1 heterocycles. The number of hydrogen-bond donors (Lipinski definition) is 1. The number of nitrogens with one attached hydrogen (secondary N) is 1. The number of hydrogen-bond acceptors (Lipinski definition) is 4. The standard InChI is InChI=1S/C16H22N4OS/c1-3-5-8-11-21-14-10-7-6-9-13(14)12-17-20-15(4-2)18-19-16(20)22/h6-7,9-10,12H,3-5,8,11H2,1-2H3,(H,19,22)/b17-12+. The third-order valence-electron chi connectivity index (χ3n) is 3.27. The van der Waals surface area contributed by atoms with E-state index in [1.807, 2.05) is 31.2 Å². The topological polar surface area (TPSA) is 55.2 Å². The van der Waals surface area contributed by atoms with Crippen molar-refractivity contribution in [2.75, 3.05) is 6.61 Å². The van der Waals surface area contributed by atoms with Gasteiger partial charge in [-0.3, -0.25) is 5.10 Å². The van der Waals surface area contributed by atoms with E-state index in [0.29, 0.717) is 4.77 Å². The second kappa shape index (κ2) is 8.48. The zero-order valence-electron chi connectivity index (χ0n) is 13.1. The van der Waals surface area contributed by atoms with Crippen LogP contribution in [0.1, 0.15) is 44.5 Å². The van der Waals surface area contributed by atoms with Crippen molar-refractivity contribution in [2.24, 2.45) is 5.10 Å². The first-order valence-electron chi connectivity index (χ1n) is 7.68. The number of unbranched alkanes of at least 4 members (excludes halogenated alkanes) is 2. The molecule has 22 heavy (non-hydrogen) atoms. The van der Waals surface area contributed by atoms with Gasteiger partial charge in [-0.1, -0.05) is 38.8 Å². The molecule has 0 atom stereocenters. The number of rotatable bonds is 8. The molecular formula is C16H22N4OS. The minimum Gasteiger partial charge on any atom is -0.493 e. The Balaban J connectivity index is 2.13. The first kappa shape index (κ1) is 16.4. The molecule has 6 heteroatoms. The maximum atomic E-state index is 5.85. The van der Waals surface area contributed by atoms with Gasteiger partial charge >= 0.3 is 0 Å². The van der Waals surface area contributed by atoms with E-state index < -0.39 is 0 Å². The van der Waals surface area contributed by atoms with E-state index in [1.165, 1.54) is 12.8 Å². The summed E-state index contributed by atoms with van der Waals surface area (Å²) in [5.41, 5.74) is 0.934. The molecule has 2 rings (SSSR count). The first-order valence-corrected chi connectivity index (χ1v) is 8.09. The van der Waals surface area contributed by atoms with E-state index in [-0.39, 0.29) is 0 Å². The van der Waals surface area contributed by atoms with Crippen LogP contribution < -0.4 is 4.74 Å². The second-order valence-electron chi connectivity index (χ2n) is 4.95. The minimum absolute atomic E-state index is 0.495. The number of para-hydroxylation sites is 1. The summed E-state index contributed by atoms with van der Waals surface area (Å²) in [7, 11) is 0. The average Bonchev–Trinajstić information content (AvgIpc) is 2.90. The Labute approximate surface area is 136 Å². The fourth-order valence-electron chi connectivity index (χ4n) is 2.04. The lowest BCUT2D eigenvalue weighted by atomic mass is 10.2. The number of aromatic amines is 1. The van der Waals surface area contributed by atoms with Crippen LogP contribution in [-0.2, 0) is 6.42 Å². The van der Waals surface area contributed by atoms with E-state index in [0.717, 1.165) is 36.6 Å². The summed E-state index contributed by atoms with van der Waals surface area (Å²) < 4.78 is 7.98. The molecule has 0 bridgehead atoms. The normalized spacial score (nSPS) is 11.2. The van der Waals surface area contributed by atoms with Crippen LogP contribution in [0.25, 0.3) is 0 Å². The van der Waals surface area contributed by atoms with Crippen molar-refractivity contribution in [3.05, 3.63) is 40.4 Å². The summed E-state index contributed by atoms with van der Waals surface area (Å²) >= 11 is 5.19.